The van der Waals surface area contributed by atoms with E-state index in [4.69, 9.17) is 22.4 Å². The van der Waals surface area contributed by atoms with Crippen molar-refractivity contribution in [1.29, 1.82) is 5.26 Å². The van der Waals surface area contributed by atoms with Gasteiger partial charge in [-0.2, -0.15) is 10.4 Å². The van der Waals surface area contributed by atoms with Gasteiger partial charge in [-0.3, -0.25) is 4.57 Å². The van der Waals surface area contributed by atoms with Gasteiger partial charge in [-0.05, 0) is 44.2 Å². The number of pyridine rings is 1. The van der Waals surface area contributed by atoms with Crippen molar-refractivity contribution in [3.05, 3.63) is 95.2 Å². The number of nitrogens with zero attached hydrogens (tertiary/aromatic N) is 6. The van der Waals surface area contributed by atoms with Crippen LogP contribution in [0.1, 0.15) is 17.0 Å². The Labute approximate surface area is 201 Å². The first-order valence-corrected chi connectivity index (χ1v) is 11.0. The normalized spacial score (nSPS) is 10.9. The molecule has 0 bridgehead atoms. The highest BCUT2D eigenvalue weighted by atomic mass is 35.5. The molecule has 7 nitrogen and oxygen atoms in total. The van der Waals surface area contributed by atoms with Gasteiger partial charge in [-0.25, -0.2) is 14.6 Å². The molecule has 2 aromatic carbocycles. The maximum absolute atomic E-state index is 10.0. The molecule has 0 spiro atoms. The van der Waals surface area contributed by atoms with Crippen LogP contribution in [0.2, 0.25) is 5.02 Å². The van der Waals surface area contributed by atoms with E-state index < -0.39 is 0 Å². The molecular weight excluding hydrogens is 446 g/mol. The molecule has 166 valence electrons. The van der Waals surface area contributed by atoms with E-state index in [0.717, 1.165) is 34.0 Å². The van der Waals surface area contributed by atoms with E-state index in [-0.39, 0.29) is 5.82 Å². The van der Waals surface area contributed by atoms with E-state index in [1.807, 2.05) is 77.8 Å². The summed E-state index contributed by atoms with van der Waals surface area (Å²) in [6, 6.07) is 21.3. The lowest BCUT2D eigenvalue weighted by Crippen LogP contribution is -2.06. The second-order valence-corrected chi connectivity index (χ2v) is 8.32. The van der Waals surface area contributed by atoms with Crippen LogP contribution in [0.5, 0.6) is 0 Å². The summed E-state index contributed by atoms with van der Waals surface area (Å²) in [5.74, 6) is 0.915. The molecule has 0 saturated heterocycles. The highest BCUT2D eigenvalue weighted by Crippen LogP contribution is 2.38. The first-order chi connectivity index (χ1) is 16.5. The van der Waals surface area contributed by atoms with Crippen LogP contribution in [0.4, 0.5) is 5.82 Å². The van der Waals surface area contributed by atoms with E-state index in [9.17, 15) is 5.26 Å². The van der Waals surface area contributed by atoms with Gasteiger partial charge < -0.3 is 5.73 Å². The minimum atomic E-state index is 0.157. The van der Waals surface area contributed by atoms with Gasteiger partial charge in [0.25, 0.3) is 0 Å². The van der Waals surface area contributed by atoms with Crippen LogP contribution in [-0.4, -0.2) is 24.3 Å². The van der Waals surface area contributed by atoms with Crippen molar-refractivity contribution in [2.45, 2.75) is 13.8 Å². The zero-order chi connectivity index (χ0) is 23.8. The number of nitrogen functional groups attached to an aromatic ring is 1. The summed E-state index contributed by atoms with van der Waals surface area (Å²) >= 11 is 6.07. The Balaban J connectivity index is 1.83. The van der Waals surface area contributed by atoms with Gasteiger partial charge in [-0.15, -0.1) is 0 Å². The number of imidazole rings is 1. The zero-order valence-electron chi connectivity index (χ0n) is 18.6. The van der Waals surface area contributed by atoms with Crippen molar-refractivity contribution >= 4 is 17.4 Å². The maximum atomic E-state index is 10.0. The molecule has 5 aromatic rings. The number of aryl methyl sites for hydroxylation is 2. The number of nitriles is 1. The van der Waals surface area contributed by atoms with Crippen molar-refractivity contribution in [2.24, 2.45) is 0 Å². The predicted octanol–water partition coefficient (Wildman–Crippen LogP) is 5.51. The molecule has 0 aliphatic rings. The fourth-order valence-electron chi connectivity index (χ4n) is 4.00. The SMILES string of the molecule is Cc1cn(-c2c(-c3cc(-c4ccc(Cl)cc4)nc(N)c3C#N)c(C)nn2-c2ccccc2)cn1. The number of hydrogen-bond donors (Lipinski definition) is 1. The largest absolute Gasteiger partial charge is 0.383 e. The molecule has 0 unspecified atom stereocenters. The Morgan fingerprint density at radius 3 is 2.41 bits per heavy atom. The van der Waals surface area contributed by atoms with Gasteiger partial charge in [0, 0.05) is 27.9 Å². The van der Waals surface area contributed by atoms with Crippen LogP contribution in [-0.2, 0) is 0 Å². The molecule has 8 heteroatoms. The Morgan fingerprint density at radius 2 is 1.76 bits per heavy atom. The van der Waals surface area contributed by atoms with E-state index in [0.29, 0.717) is 21.8 Å². The standard InChI is InChI=1S/C26H20ClN7/c1-16-14-33(15-30-16)26-24(17(2)32-34(26)20-6-4-3-5-7-20)21-12-23(31-25(29)22(21)13-28)18-8-10-19(27)11-9-18/h3-12,14-15H,1-2H3,(H2,29,31). The summed E-state index contributed by atoms with van der Waals surface area (Å²) in [5, 5.41) is 15.5. The third kappa shape index (κ3) is 3.70. The lowest BCUT2D eigenvalue weighted by Gasteiger charge is -2.14. The third-order valence-corrected chi connectivity index (χ3v) is 5.81. The maximum Gasteiger partial charge on any atom is 0.149 e. The lowest BCUT2D eigenvalue weighted by molar-refractivity contribution is 0.811. The Bertz CT molecular complexity index is 1540. The van der Waals surface area contributed by atoms with Gasteiger partial charge in [0.2, 0.25) is 0 Å². The Hall–Kier alpha value is -4.41. The summed E-state index contributed by atoms with van der Waals surface area (Å²) < 4.78 is 3.77. The summed E-state index contributed by atoms with van der Waals surface area (Å²) in [6.45, 7) is 3.85. The number of anilines is 1. The highest BCUT2D eigenvalue weighted by molar-refractivity contribution is 6.30. The molecule has 0 aliphatic heterocycles. The van der Waals surface area contributed by atoms with Crippen molar-refractivity contribution in [1.82, 2.24) is 24.3 Å². The van der Waals surface area contributed by atoms with Crippen LogP contribution in [0.25, 0.3) is 33.9 Å². The average molecular weight is 466 g/mol. The summed E-state index contributed by atoms with van der Waals surface area (Å²) in [5.41, 5.74) is 12.0. The van der Waals surface area contributed by atoms with Crippen LogP contribution >= 0.6 is 11.6 Å². The minimum Gasteiger partial charge on any atom is -0.383 e. The predicted molar refractivity (Wildman–Crippen MR) is 133 cm³/mol. The molecule has 34 heavy (non-hydrogen) atoms. The van der Waals surface area contributed by atoms with E-state index in [1.165, 1.54) is 0 Å². The number of halogens is 1. The number of benzene rings is 2. The van der Waals surface area contributed by atoms with Crippen LogP contribution in [0, 0.1) is 25.2 Å². The second kappa shape index (κ2) is 8.50. The van der Waals surface area contributed by atoms with Gasteiger partial charge >= 0.3 is 0 Å². The molecule has 0 radical (unpaired) electrons. The van der Waals surface area contributed by atoms with Gasteiger partial charge in [-0.1, -0.05) is 41.9 Å². The molecule has 3 aromatic heterocycles. The number of nitrogens with two attached hydrogens (primary N) is 1. The van der Waals surface area contributed by atoms with Crippen LogP contribution in [0.3, 0.4) is 0 Å². The van der Waals surface area contributed by atoms with Crippen molar-refractivity contribution in [3.63, 3.8) is 0 Å². The topological polar surface area (TPSA) is 98.3 Å². The molecule has 0 atom stereocenters. The molecule has 2 N–H and O–H groups in total. The zero-order valence-corrected chi connectivity index (χ0v) is 19.3. The Kier molecular flexibility index (Phi) is 5.36. The third-order valence-electron chi connectivity index (χ3n) is 5.56. The second-order valence-electron chi connectivity index (χ2n) is 7.89. The van der Waals surface area contributed by atoms with Gasteiger partial charge in [0.15, 0.2) is 0 Å². The quantitative estimate of drug-likeness (QED) is 0.377. The first-order valence-electron chi connectivity index (χ1n) is 10.6. The monoisotopic (exact) mass is 465 g/mol. The van der Waals surface area contributed by atoms with Gasteiger partial charge in [0.05, 0.1) is 22.8 Å². The average Bonchev–Trinajstić information content (AvgIpc) is 3.42. The Morgan fingerprint density at radius 1 is 1.03 bits per heavy atom. The summed E-state index contributed by atoms with van der Waals surface area (Å²) in [6.07, 6.45) is 3.67. The van der Waals surface area contributed by atoms with Gasteiger partial charge in [0.1, 0.15) is 29.6 Å². The molecule has 0 saturated carbocycles. The molecule has 0 aliphatic carbocycles. The number of aromatic nitrogens is 5. The van der Waals surface area contributed by atoms with Crippen LogP contribution < -0.4 is 5.73 Å². The molecule has 5 rings (SSSR count). The van der Waals surface area contributed by atoms with Crippen molar-refractivity contribution < 1.29 is 0 Å². The number of rotatable bonds is 4. The molecule has 0 amide bonds. The molecule has 0 fully saturated rings. The molecular formula is C26H20ClN7. The van der Waals surface area contributed by atoms with E-state index in [2.05, 4.69) is 16.0 Å². The van der Waals surface area contributed by atoms with Crippen molar-refractivity contribution in [3.8, 4) is 40.0 Å². The molecule has 3 heterocycles. The van der Waals surface area contributed by atoms with Crippen molar-refractivity contribution in [2.75, 3.05) is 5.73 Å². The minimum absolute atomic E-state index is 0.157. The number of para-hydroxylation sites is 1. The fourth-order valence-corrected chi connectivity index (χ4v) is 4.13. The lowest BCUT2D eigenvalue weighted by atomic mass is 9.98. The van der Waals surface area contributed by atoms with Crippen LogP contribution in [0.15, 0.2) is 73.2 Å². The fraction of sp³-hybridized carbons (Fsp3) is 0.0769. The smallest absolute Gasteiger partial charge is 0.149 e. The summed E-state index contributed by atoms with van der Waals surface area (Å²) in [4.78, 5) is 8.91. The van der Waals surface area contributed by atoms with E-state index >= 15 is 0 Å². The van der Waals surface area contributed by atoms with E-state index in [1.54, 1.807) is 18.5 Å². The first kappa shape index (κ1) is 21.4. The summed E-state index contributed by atoms with van der Waals surface area (Å²) in [7, 11) is 0. The highest BCUT2D eigenvalue weighted by Gasteiger charge is 2.24. The number of hydrogen-bond acceptors (Lipinski definition) is 5.